The fraction of sp³-hybridized carbons (Fsp3) is 0.375. The first-order chi connectivity index (χ1) is 11.5. The van der Waals surface area contributed by atoms with Crippen LogP contribution in [-0.2, 0) is 0 Å². The molecule has 3 rings (SSSR count). The average molecular weight is 389 g/mol. The van der Waals surface area contributed by atoms with E-state index in [2.05, 4.69) is 10.4 Å². The summed E-state index contributed by atoms with van der Waals surface area (Å²) in [6.45, 7) is 0. The van der Waals surface area contributed by atoms with Crippen LogP contribution in [0.2, 0.25) is 15.1 Å². The first-order valence-electron chi connectivity index (χ1n) is 7.63. The van der Waals surface area contributed by atoms with Crippen LogP contribution in [0.5, 0.6) is 0 Å². The lowest BCUT2D eigenvalue weighted by Gasteiger charge is -2.27. The molecule has 0 saturated heterocycles. The van der Waals surface area contributed by atoms with E-state index in [1.807, 2.05) is 0 Å². The molecule has 1 aromatic heterocycles. The van der Waals surface area contributed by atoms with E-state index in [0.29, 0.717) is 21.4 Å². The average Bonchev–Trinajstić information content (AvgIpc) is 2.55. The second-order valence-electron chi connectivity index (χ2n) is 5.83. The van der Waals surface area contributed by atoms with Crippen molar-refractivity contribution in [3.8, 4) is 5.69 Å². The molecule has 2 aromatic rings. The van der Waals surface area contributed by atoms with Crippen LogP contribution in [0.15, 0.2) is 29.2 Å². The van der Waals surface area contributed by atoms with Crippen molar-refractivity contribution in [2.45, 2.75) is 37.8 Å². The van der Waals surface area contributed by atoms with Gasteiger partial charge in [-0.25, -0.2) is 0 Å². The molecular formula is C16H16Cl3N3O2. The third-order valence-electron chi connectivity index (χ3n) is 4.11. The van der Waals surface area contributed by atoms with E-state index in [-0.39, 0.29) is 17.2 Å². The van der Waals surface area contributed by atoms with Gasteiger partial charge in [0.25, 0.3) is 5.56 Å². The molecule has 1 fully saturated rings. The number of hydrogen-bond donors (Lipinski definition) is 2. The van der Waals surface area contributed by atoms with E-state index >= 15 is 0 Å². The van der Waals surface area contributed by atoms with E-state index in [9.17, 15) is 9.90 Å². The highest BCUT2D eigenvalue weighted by Gasteiger charge is 2.21. The van der Waals surface area contributed by atoms with Gasteiger partial charge in [0, 0.05) is 11.1 Å². The van der Waals surface area contributed by atoms with Gasteiger partial charge in [0.2, 0.25) is 0 Å². The summed E-state index contributed by atoms with van der Waals surface area (Å²) in [6, 6.07) is 4.96. The molecule has 1 aliphatic rings. The van der Waals surface area contributed by atoms with Gasteiger partial charge in [0.15, 0.2) is 0 Å². The molecule has 2 N–H and O–H groups in total. The number of hydrogen-bond acceptors (Lipinski definition) is 4. The van der Waals surface area contributed by atoms with Gasteiger partial charge in [-0.2, -0.15) is 9.78 Å². The summed E-state index contributed by atoms with van der Waals surface area (Å²) in [7, 11) is 0. The van der Waals surface area contributed by atoms with Crippen LogP contribution in [0.1, 0.15) is 25.7 Å². The highest BCUT2D eigenvalue weighted by atomic mass is 35.5. The van der Waals surface area contributed by atoms with E-state index in [1.54, 1.807) is 18.2 Å². The standard InChI is InChI=1S/C16H16Cl3N3O2/c17-9-1-6-14(12(18)7-9)22-16(24)15(19)13(8-20-22)21-10-2-4-11(23)5-3-10/h1,6-8,10-11,21,23H,2-5H2. The second-order valence-corrected chi connectivity index (χ2v) is 7.06. The predicted molar refractivity (Wildman–Crippen MR) is 96.7 cm³/mol. The Kier molecular flexibility index (Phi) is 5.35. The maximum absolute atomic E-state index is 12.5. The molecule has 1 heterocycles. The minimum atomic E-state index is -0.457. The van der Waals surface area contributed by atoms with Crippen LogP contribution < -0.4 is 10.9 Å². The lowest BCUT2D eigenvalue weighted by molar-refractivity contribution is 0.126. The van der Waals surface area contributed by atoms with Gasteiger partial charge in [-0.05, 0) is 43.9 Å². The number of anilines is 1. The Hall–Kier alpha value is -1.27. The quantitative estimate of drug-likeness (QED) is 0.836. The Balaban J connectivity index is 1.88. The Bertz CT molecular complexity index is 802. The Morgan fingerprint density at radius 2 is 1.88 bits per heavy atom. The number of benzene rings is 1. The largest absolute Gasteiger partial charge is 0.393 e. The number of halogens is 3. The van der Waals surface area contributed by atoms with Crippen LogP contribution in [0.4, 0.5) is 5.69 Å². The first-order valence-corrected chi connectivity index (χ1v) is 8.77. The molecule has 1 saturated carbocycles. The summed E-state index contributed by atoms with van der Waals surface area (Å²) in [5.74, 6) is 0. The molecule has 1 aromatic carbocycles. The minimum Gasteiger partial charge on any atom is -0.393 e. The number of rotatable bonds is 3. The molecule has 0 radical (unpaired) electrons. The normalized spacial score (nSPS) is 20.8. The van der Waals surface area contributed by atoms with Crippen LogP contribution in [-0.4, -0.2) is 27.0 Å². The summed E-state index contributed by atoms with van der Waals surface area (Å²) in [6.07, 6.45) is 4.39. The van der Waals surface area contributed by atoms with Crippen LogP contribution in [0.3, 0.4) is 0 Å². The van der Waals surface area contributed by atoms with Gasteiger partial charge >= 0.3 is 0 Å². The molecule has 0 unspecified atom stereocenters. The molecule has 0 amide bonds. The van der Waals surface area contributed by atoms with Gasteiger partial charge in [-0.1, -0.05) is 34.8 Å². The summed E-state index contributed by atoms with van der Waals surface area (Å²) < 4.78 is 1.15. The number of nitrogens with one attached hydrogen (secondary N) is 1. The van der Waals surface area contributed by atoms with E-state index in [0.717, 1.165) is 30.4 Å². The maximum atomic E-state index is 12.5. The Morgan fingerprint density at radius 1 is 1.17 bits per heavy atom. The molecule has 0 atom stereocenters. The van der Waals surface area contributed by atoms with Crippen LogP contribution >= 0.6 is 34.8 Å². The monoisotopic (exact) mass is 387 g/mol. The zero-order chi connectivity index (χ0) is 17.3. The smallest absolute Gasteiger partial charge is 0.292 e. The lowest BCUT2D eigenvalue weighted by atomic mass is 9.93. The summed E-state index contributed by atoms with van der Waals surface area (Å²) in [5.41, 5.74) is 0.450. The first kappa shape index (κ1) is 17.5. The van der Waals surface area contributed by atoms with Crippen molar-refractivity contribution < 1.29 is 5.11 Å². The maximum Gasteiger partial charge on any atom is 0.292 e. The fourth-order valence-corrected chi connectivity index (χ4v) is 3.47. The molecular weight excluding hydrogens is 373 g/mol. The molecule has 5 nitrogen and oxygen atoms in total. The second kappa shape index (κ2) is 7.31. The predicted octanol–water partition coefficient (Wildman–Crippen LogP) is 3.91. The third-order valence-corrected chi connectivity index (χ3v) is 5.02. The van der Waals surface area contributed by atoms with Crippen LogP contribution in [0.25, 0.3) is 5.69 Å². The van der Waals surface area contributed by atoms with E-state index < -0.39 is 5.56 Å². The molecule has 0 aliphatic heterocycles. The van der Waals surface area contributed by atoms with Gasteiger partial charge < -0.3 is 10.4 Å². The molecule has 24 heavy (non-hydrogen) atoms. The number of aliphatic hydroxyl groups excluding tert-OH is 1. The van der Waals surface area contributed by atoms with Gasteiger partial charge in [0.05, 0.1) is 28.7 Å². The SMILES string of the molecule is O=c1c(Cl)c(NC2CCC(O)CC2)cnn1-c1ccc(Cl)cc1Cl. The van der Waals surface area contributed by atoms with Crippen molar-refractivity contribution >= 4 is 40.5 Å². The third kappa shape index (κ3) is 3.70. The van der Waals surface area contributed by atoms with Gasteiger partial charge in [-0.15, -0.1) is 0 Å². The van der Waals surface area contributed by atoms with Crippen molar-refractivity contribution in [3.05, 3.63) is 49.8 Å². The molecule has 0 spiro atoms. The summed E-state index contributed by atoms with van der Waals surface area (Å²) in [4.78, 5) is 12.5. The highest BCUT2D eigenvalue weighted by molar-refractivity contribution is 6.36. The zero-order valence-electron chi connectivity index (χ0n) is 12.7. The van der Waals surface area contributed by atoms with E-state index in [4.69, 9.17) is 34.8 Å². The van der Waals surface area contributed by atoms with Gasteiger partial charge in [-0.3, -0.25) is 4.79 Å². The zero-order valence-corrected chi connectivity index (χ0v) is 14.9. The topological polar surface area (TPSA) is 67.2 Å². The van der Waals surface area contributed by atoms with Crippen molar-refractivity contribution in [1.82, 2.24) is 9.78 Å². The van der Waals surface area contributed by atoms with Crippen molar-refractivity contribution in [2.24, 2.45) is 0 Å². The lowest BCUT2D eigenvalue weighted by Crippen LogP contribution is -2.30. The molecule has 8 heteroatoms. The number of nitrogens with zero attached hydrogens (tertiary/aromatic N) is 2. The number of aromatic nitrogens is 2. The molecule has 128 valence electrons. The van der Waals surface area contributed by atoms with E-state index in [1.165, 1.54) is 6.20 Å². The summed E-state index contributed by atoms with van der Waals surface area (Å²) >= 11 is 18.2. The molecule has 0 bridgehead atoms. The highest BCUT2D eigenvalue weighted by Crippen LogP contribution is 2.26. The van der Waals surface area contributed by atoms with Crippen molar-refractivity contribution in [1.29, 1.82) is 0 Å². The Morgan fingerprint density at radius 3 is 2.54 bits per heavy atom. The van der Waals surface area contributed by atoms with Crippen molar-refractivity contribution in [3.63, 3.8) is 0 Å². The minimum absolute atomic E-state index is 0.0575. The van der Waals surface area contributed by atoms with Gasteiger partial charge in [0.1, 0.15) is 5.02 Å². The summed E-state index contributed by atoms with van der Waals surface area (Å²) in [5, 5.41) is 17.8. The van der Waals surface area contributed by atoms with Crippen LogP contribution in [0, 0.1) is 0 Å². The molecule has 1 aliphatic carbocycles. The number of aliphatic hydroxyl groups is 1. The van der Waals surface area contributed by atoms with Crippen molar-refractivity contribution in [2.75, 3.05) is 5.32 Å². The fourth-order valence-electron chi connectivity index (χ4n) is 2.80. The Labute approximate surface area is 154 Å².